The number of thiazole rings is 1. The standard InChI is InChI=1S/C28H24F3N3O6S2/c1-4-40-25(38)14-8-10-17(11-9-14)34-22(36)19-20(23(34)37)41-24-21(27(19,2)3)42-26(39)33(24)13-18(35)32-16-7-5-6-15(12-16)28(29,30)31/h5-12,19-20H,4,13H2,1-3H3,(H,32,35)/t19-,20+/m1/s1. The van der Waals surface area contributed by atoms with Crippen molar-refractivity contribution in [2.45, 2.75) is 49.2 Å². The molecule has 2 aliphatic rings. The molecule has 2 atom stereocenters. The summed E-state index contributed by atoms with van der Waals surface area (Å²) in [5, 5.41) is 1.86. The predicted molar refractivity (Wildman–Crippen MR) is 150 cm³/mol. The molecule has 1 saturated heterocycles. The minimum absolute atomic E-state index is 0.0822. The molecule has 1 aromatic heterocycles. The maximum Gasteiger partial charge on any atom is 0.416 e. The third-order valence-corrected chi connectivity index (χ3v) is 9.94. The summed E-state index contributed by atoms with van der Waals surface area (Å²) in [5.74, 6) is -3.02. The molecule has 2 aliphatic heterocycles. The van der Waals surface area contributed by atoms with Gasteiger partial charge in [0.25, 0.3) is 0 Å². The number of aromatic nitrogens is 1. The van der Waals surface area contributed by atoms with Gasteiger partial charge in [0, 0.05) is 16.0 Å². The second-order valence-electron chi connectivity index (χ2n) is 10.2. The molecular weight excluding hydrogens is 595 g/mol. The Hall–Kier alpha value is -3.91. The summed E-state index contributed by atoms with van der Waals surface area (Å²) in [6, 6.07) is 10.0. The van der Waals surface area contributed by atoms with Gasteiger partial charge in [0.05, 0.1) is 34.4 Å². The van der Waals surface area contributed by atoms with Crippen molar-refractivity contribution in [3.05, 3.63) is 74.2 Å². The summed E-state index contributed by atoms with van der Waals surface area (Å²) >= 11 is 1.88. The van der Waals surface area contributed by atoms with E-state index in [0.29, 0.717) is 9.90 Å². The van der Waals surface area contributed by atoms with Gasteiger partial charge in [-0.15, -0.1) is 0 Å². The van der Waals surface area contributed by atoms with E-state index in [4.69, 9.17) is 4.74 Å². The lowest BCUT2D eigenvalue weighted by Crippen LogP contribution is -2.41. The quantitative estimate of drug-likeness (QED) is 0.315. The molecule has 0 bridgehead atoms. The number of nitrogens with one attached hydrogen (secondary N) is 1. The fourth-order valence-electron chi connectivity index (χ4n) is 5.10. The molecule has 1 fully saturated rings. The number of benzene rings is 2. The maximum absolute atomic E-state index is 13.6. The van der Waals surface area contributed by atoms with E-state index in [2.05, 4.69) is 5.32 Å². The molecule has 0 unspecified atom stereocenters. The summed E-state index contributed by atoms with van der Waals surface area (Å²) in [5.41, 5.74) is -1.42. The van der Waals surface area contributed by atoms with Crippen molar-refractivity contribution in [2.75, 3.05) is 16.8 Å². The van der Waals surface area contributed by atoms with E-state index < -0.39 is 63.4 Å². The average molecular weight is 620 g/mol. The molecule has 5 rings (SSSR count). The summed E-state index contributed by atoms with van der Waals surface area (Å²) < 4.78 is 45.4. The number of alkyl halides is 3. The third-order valence-electron chi connectivity index (χ3n) is 7.12. The number of thioether (sulfide) groups is 1. The number of halogens is 3. The Bertz CT molecular complexity index is 1660. The highest BCUT2D eigenvalue weighted by Crippen LogP contribution is 2.54. The summed E-state index contributed by atoms with van der Waals surface area (Å²) in [7, 11) is 0. The lowest BCUT2D eigenvalue weighted by molar-refractivity contribution is -0.137. The van der Waals surface area contributed by atoms with Crippen LogP contribution in [0.3, 0.4) is 0 Å². The van der Waals surface area contributed by atoms with Crippen LogP contribution in [-0.4, -0.2) is 40.1 Å². The van der Waals surface area contributed by atoms with Crippen LogP contribution in [0.2, 0.25) is 0 Å². The van der Waals surface area contributed by atoms with Crippen LogP contribution in [0.4, 0.5) is 24.5 Å². The molecule has 3 heterocycles. The van der Waals surface area contributed by atoms with Crippen LogP contribution in [0.25, 0.3) is 0 Å². The van der Waals surface area contributed by atoms with E-state index >= 15 is 0 Å². The number of hydrogen-bond donors (Lipinski definition) is 1. The second kappa shape index (κ2) is 10.7. The van der Waals surface area contributed by atoms with Crippen LogP contribution in [0.15, 0.2) is 58.4 Å². The topological polar surface area (TPSA) is 115 Å². The number of carbonyl (C=O) groups is 4. The smallest absolute Gasteiger partial charge is 0.416 e. The van der Waals surface area contributed by atoms with Gasteiger partial charge in [-0.3, -0.25) is 23.7 Å². The minimum Gasteiger partial charge on any atom is -0.462 e. The second-order valence-corrected chi connectivity index (χ2v) is 12.3. The molecule has 14 heteroatoms. The fraction of sp³-hybridized carbons (Fsp3) is 0.321. The van der Waals surface area contributed by atoms with Gasteiger partial charge in [-0.05, 0) is 49.4 Å². The molecule has 3 aromatic rings. The van der Waals surface area contributed by atoms with Gasteiger partial charge in [-0.25, -0.2) is 9.69 Å². The van der Waals surface area contributed by atoms with Gasteiger partial charge in [0.1, 0.15) is 11.8 Å². The molecule has 2 aromatic carbocycles. The van der Waals surface area contributed by atoms with E-state index in [-0.39, 0.29) is 23.5 Å². The van der Waals surface area contributed by atoms with E-state index in [1.807, 2.05) is 0 Å². The molecule has 42 heavy (non-hydrogen) atoms. The zero-order chi connectivity index (χ0) is 30.6. The van der Waals surface area contributed by atoms with Crippen molar-refractivity contribution in [1.29, 1.82) is 0 Å². The minimum atomic E-state index is -4.59. The van der Waals surface area contributed by atoms with Crippen LogP contribution in [-0.2, 0) is 37.3 Å². The number of anilines is 2. The van der Waals surface area contributed by atoms with Crippen LogP contribution < -0.4 is 15.1 Å². The number of imide groups is 1. The highest BCUT2D eigenvalue weighted by molar-refractivity contribution is 8.00. The maximum atomic E-state index is 13.6. The summed E-state index contributed by atoms with van der Waals surface area (Å²) in [6.45, 7) is 4.88. The average Bonchev–Trinajstić information content (AvgIpc) is 3.37. The van der Waals surface area contributed by atoms with Crippen molar-refractivity contribution in [3.63, 3.8) is 0 Å². The van der Waals surface area contributed by atoms with Crippen LogP contribution in [0, 0.1) is 5.92 Å². The van der Waals surface area contributed by atoms with Crippen molar-refractivity contribution >= 4 is 58.2 Å². The molecule has 220 valence electrons. The first-order valence-electron chi connectivity index (χ1n) is 12.8. The Labute approximate surface area is 245 Å². The Morgan fingerprint density at radius 2 is 1.74 bits per heavy atom. The molecule has 1 N–H and O–H groups in total. The van der Waals surface area contributed by atoms with Gasteiger partial charge >= 0.3 is 17.0 Å². The number of nitrogens with zero attached hydrogens (tertiary/aromatic N) is 2. The lowest BCUT2D eigenvalue weighted by atomic mass is 9.76. The Morgan fingerprint density at radius 3 is 2.38 bits per heavy atom. The van der Waals surface area contributed by atoms with E-state index in [1.165, 1.54) is 34.9 Å². The molecule has 9 nitrogen and oxygen atoms in total. The Balaban J connectivity index is 1.40. The van der Waals surface area contributed by atoms with Crippen LogP contribution in [0.5, 0.6) is 0 Å². The fourth-order valence-corrected chi connectivity index (χ4v) is 8.14. The molecule has 0 aliphatic carbocycles. The highest BCUT2D eigenvalue weighted by atomic mass is 32.2. The number of ether oxygens (including phenoxy) is 1. The van der Waals surface area contributed by atoms with Gasteiger partial charge in [-0.1, -0.05) is 43.0 Å². The zero-order valence-electron chi connectivity index (χ0n) is 22.5. The summed E-state index contributed by atoms with van der Waals surface area (Å²) in [4.78, 5) is 66.2. The molecule has 0 spiro atoms. The first-order valence-corrected chi connectivity index (χ1v) is 14.5. The van der Waals surface area contributed by atoms with Gasteiger partial charge in [0.2, 0.25) is 17.7 Å². The zero-order valence-corrected chi connectivity index (χ0v) is 24.1. The largest absolute Gasteiger partial charge is 0.462 e. The van der Waals surface area contributed by atoms with E-state index in [9.17, 15) is 37.1 Å². The normalized spacial score (nSPS) is 19.3. The number of amides is 3. The van der Waals surface area contributed by atoms with Crippen LogP contribution >= 0.6 is 23.1 Å². The lowest BCUT2D eigenvalue weighted by Gasteiger charge is -2.36. The SMILES string of the molecule is CCOC(=O)c1ccc(N2C(=O)[C@H]3Sc4c(sc(=O)n4CC(=O)Nc4cccc(C(F)(F)F)c4)C(C)(C)[C@H]3C2=O)cc1. The van der Waals surface area contributed by atoms with Crippen molar-refractivity contribution in [2.24, 2.45) is 5.92 Å². The molecule has 3 amide bonds. The first-order chi connectivity index (χ1) is 19.7. The molecular formula is C28H24F3N3O6S2. The number of esters is 1. The number of carbonyl (C=O) groups excluding carboxylic acids is 4. The van der Waals surface area contributed by atoms with Gasteiger partial charge in [0.15, 0.2) is 0 Å². The van der Waals surface area contributed by atoms with Crippen LogP contribution in [0.1, 0.15) is 41.6 Å². The Morgan fingerprint density at radius 1 is 1.05 bits per heavy atom. The van der Waals surface area contributed by atoms with E-state index in [1.54, 1.807) is 20.8 Å². The Kier molecular flexibility index (Phi) is 7.56. The van der Waals surface area contributed by atoms with E-state index in [0.717, 1.165) is 46.2 Å². The third kappa shape index (κ3) is 5.13. The summed E-state index contributed by atoms with van der Waals surface area (Å²) in [6.07, 6.45) is -4.59. The number of hydrogen-bond acceptors (Lipinski definition) is 8. The first kappa shape index (κ1) is 29.6. The monoisotopic (exact) mass is 619 g/mol. The van der Waals surface area contributed by atoms with Gasteiger partial charge < -0.3 is 10.1 Å². The molecule has 0 radical (unpaired) electrons. The van der Waals surface area contributed by atoms with Crippen molar-refractivity contribution in [1.82, 2.24) is 4.57 Å². The van der Waals surface area contributed by atoms with Gasteiger partial charge in [-0.2, -0.15) is 13.2 Å². The van der Waals surface area contributed by atoms with Crippen molar-refractivity contribution in [3.8, 4) is 0 Å². The number of fused-ring (bicyclic) bond motifs is 2. The highest BCUT2D eigenvalue weighted by Gasteiger charge is 2.59. The predicted octanol–water partition coefficient (Wildman–Crippen LogP) is 4.69. The molecule has 0 saturated carbocycles. The number of rotatable bonds is 6. The van der Waals surface area contributed by atoms with Crippen molar-refractivity contribution < 1.29 is 37.1 Å².